The van der Waals surface area contributed by atoms with Gasteiger partial charge >= 0.3 is 0 Å². The lowest BCUT2D eigenvalue weighted by Crippen LogP contribution is -2.30. The third kappa shape index (κ3) is 5.49. The number of amides is 2. The molecule has 0 radical (unpaired) electrons. The Morgan fingerprint density at radius 1 is 1.00 bits per heavy atom. The highest BCUT2D eigenvalue weighted by molar-refractivity contribution is 5.85. The van der Waals surface area contributed by atoms with Gasteiger partial charge in [-0.3, -0.25) is 9.59 Å². The van der Waals surface area contributed by atoms with Crippen LogP contribution in [0.3, 0.4) is 0 Å². The van der Waals surface area contributed by atoms with E-state index in [0.29, 0.717) is 19.5 Å². The van der Waals surface area contributed by atoms with Gasteiger partial charge in [-0.15, -0.1) is 12.4 Å². The quantitative estimate of drug-likeness (QED) is 0.784. The van der Waals surface area contributed by atoms with Gasteiger partial charge in [0.1, 0.15) is 0 Å². The maximum absolute atomic E-state index is 12.1. The minimum Gasteiger partial charge on any atom is -0.376 e. The summed E-state index contributed by atoms with van der Waals surface area (Å²) in [5.41, 5.74) is 3.06. The molecule has 0 spiro atoms. The molecule has 1 aliphatic heterocycles. The monoisotopic (exact) mass is 373 g/mol. The lowest BCUT2D eigenvalue weighted by molar-refractivity contribution is -0.128. The first-order chi connectivity index (χ1) is 12.2. The van der Waals surface area contributed by atoms with Gasteiger partial charge in [0.15, 0.2) is 0 Å². The van der Waals surface area contributed by atoms with Crippen LogP contribution < -0.4 is 10.6 Å². The van der Waals surface area contributed by atoms with Crippen LogP contribution in [0.15, 0.2) is 54.6 Å². The van der Waals surface area contributed by atoms with Crippen LogP contribution in [0.2, 0.25) is 0 Å². The number of carbonyl (C=O) groups excluding carboxylic acids is 2. The number of nitrogens with zero attached hydrogens (tertiary/aromatic N) is 1. The van der Waals surface area contributed by atoms with Crippen LogP contribution in [-0.4, -0.2) is 29.8 Å². The number of carbonyl (C=O) groups is 2. The fourth-order valence-electron chi connectivity index (χ4n) is 2.96. The fourth-order valence-corrected chi connectivity index (χ4v) is 2.96. The standard InChI is InChI=1S/C20H23N3O2.ClH/c24-19(14-21-18-9-2-1-3-10-18)22-13-16-7-4-5-8-17(16)15-23-12-6-11-20(23)25;/h1-5,7-10,21H,6,11-15H2,(H,22,24);1H. The smallest absolute Gasteiger partial charge is 0.239 e. The molecule has 2 N–H and O–H groups in total. The Kier molecular flexibility index (Phi) is 7.48. The number of nitrogens with one attached hydrogen (secondary N) is 2. The van der Waals surface area contributed by atoms with Crippen molar-refractivity contribution in [1.29, 1.82) is 0 Å². The lowest BCUT2D eigenvalue weighted by atomic mass is 10.1. The molecule has 0 aliphatic carbocycles. The van der Waals surface area contributed by atoms with E-state index in [9.17, 15) is 9.59 Å². The van der Waals surface area contributed by atoms with Crippen molar-refractivity contribution < 1.29 is 9.59 Å². The second kappa shape index (κ2) is 9.82. The topological polar surface area (TPSA) is 61.4 Å². The second-order valence-corrected chi connectivity index (χ2v) is 6.18. The van der Waals surface area contributed by atoms with E-state index in [-0.39, 0.29) is 30.8 Å². The summed E-state index contributed by atoms with van der Waals surface area (Å²) in [6.07, 6.45) is 1.58. The van der Waals surface area contributed by atoms with E-state index in [1.165, 1.54) is 0 Å². The average molecular weight is 374 g/mol. The summed E-state index contributed by atoms with van der Waals surface area (Å²) in [5, 5.41) is 6.04. The molecule has 5 nitrogen and oxygen atoms in total. The second-order valence-electron chi connectivity index (χ2n) is 6.18. The number of para-hydroxylation sites is 1. The molecule has 2 aromatic carbocycles. The van der Waals surface area contributed by atoms with Crippen molar-refractivity contribution >= 4 is 29.9 Å². The highest BCUT2D eigenvalue weighted by Crippen LogP contribution is 2.17. The molecule has 138 valence electrons. The van der Waals surface area contributed by atoms with Crippen molar-refractivity contribution in [1.82, 2.24) is 10.2 Å². The first kappa shape index (κ1) is 19.8. The number of halogens is 1. The highest BCUT2D eigenvalue weighted by Gasteiger charge is 2.20. The minimum atomic E-state index is -0.0593. The maximum atomic E-state index is 12.1. The van der Waals surface area contributed by atoms with Crippen LogP contribution in [0.5, 0.6) is 0 Å². The fraction of sp³-hybridized carbons (Fsp3) is 0.300. The summed E-state index contributed by atoms with van der Waals surface area (Å²) in [5.74, 6) is 0.154. The molecule has 1 fully saturated rings. The van der Waals surface area contributed by atoms with Crippen LogP contribution in [0.25, 0.3) is 0 Å². The van der Waals surface area contributed by atoms with Gasteiger partial charge in [0, 0.05) is 31.7 Å². The Morgan fingerprint density at radius 3 is 2.38 bits per heavy atom. The number of rotatable bonds is 7. The van der Waals surface area contributed by atoms with Crippen LogP contribution in [0, 0.1) is 0 Å². The number of likely N-dealkylation sites (tertiary alicyclic amines) is 1. The number of hydrogen-bond acceptors (Lipinski definition) is 3. The number of benzene rings is 2. The third-order valence-electron chi connectivity index (χ3n) is 4.35. The molecular formula is C20H24ClN3O2. The molecule has 0 saturated carbocycles. The molecule has 1 saturated heterocycles. The van der Waals surface area contributed by atoms with E-state index < -0.39 is 0 Å². The zero-order chi connectivity index (χ0) is 17.5. The normalized spacial score (nSPS) is 13.2. The Morgan fingerprint density at radius 2 is 1.69 bits per heavy atom. The first-order valence-corrected chi connectivity index (χ1v) is 8.62. The molecule has 1 aliphatic rings. The highest BCUT2D eigenvalue weighted by atomic mass is 35.5. The molecule has 1 heterocycles. The first-order valence-electron chi connectivity index (χ1n) is 8.62. The van der Waals surface area contributed by atoms with Gasteiger partial charge in [-0.1, -0.05) is 42.5 Å². The third-order valence-corrected chi connectivity index (χ3v) is 4.35. The molecule has 0 atom stereocenters. The Hall–Kier alpha value is -2.53. The zero-order valence-corrected chi connectivity index (χ0v) is 15.4. The van der Waals surface area contributed by atoms with E-state index >= 15 is 0 Å². The summed E-state index contributed by atoms with van der Waals surface area (Å²) < 4.78 is 0. The lowest BCUT2D eigenvalue weighted by Gasteiger charge is -2.18. The summed E-state index contributed by atoms with van der Waals surface area (Å²) in [7, 11) is 0. The van der Waals surface area contributed by atoms with Crippen LogP contribution in [0.4, 0.5) is 5.69 Å². The Labute approximate surface area is 160 Å². The summed E-state index contributed by atoms with van der Waals surface area (Å²) in [4.78, 5) is 25.8. The Bertz CT molecular complexity index is 737. The van der Waals surface area contributed by atoms with Crippen LogP contribution in [0.1, 0.15) is 24.0 Å². The van der Waals surface area contributed by atoms with Crippen molar-refractivity contribution in [2.24, 2.45) is 0 Å². The van der Waals surface area contributed by atoms with E-state index in [1.807, 2.05) is 59.5 Å². The Balaban J connectivity index is 0.00000243. The van der Waals surface area contributed by atoms with E-state index in [0.717, 1.165) is 29.8 Å². The van der Waals surface area contributed by atoms with Crippen molar-refractivity contribution in [2.75, 3.05) is 18.4 Å². The van der Waals surface area contributed by atoms with Crippen LogP contribution in [-0.2, 0) is 22.7 Å². The molecule has 2 aromatic rings. The van der Waals surface area contributed by atoms with Gasteiger partial charge in [-0.25, -0.2) is 0 Å². The molecule has 26 heavy (non-hydrogen) atoms. The molecule has 6 heteroatoms. The molecular weight excluding hydrogens is 350 g/mol. The van der Waals surface area contributed by atoms with Gasteiger partial charge in [0.2, 0.25) is 11.8 Å². The van der Waals surface area contributed by atoms with Gasteiger partial charge in [0.05, 0.1) is 6.54 Å². The summed E-state index contributed by atoms with van der Waals surface area (Å²) >= 11 is 0. The number of anilines is 1. The summed E-state index contributed by atoms with van der Waals surface area (Å²) in [6.45, 7) is 2.14. The zero-order valence-electron chi connectivity index (χ0n) is 14.6. The summed E-state index contributed by atoms with van der Waals surface area (Å²) in [6, 6.07) is 17.6. The minimum absolute atomic E-state index is 0. The molecule has 3 rings (SSSR count). The predicted octanol–water partition coefficient (Wildman–Crippen LogP) is 2.96. The van der Waals surface area contributed by atoms with Crippen LogP contribution >= 0.6 is 12.4 Å². The SMILES string of the molecule is Cl.O=C(CNc1ccccc1)NCc1ccccc1CN1CCCC1=O. The van der Waals surface area contributed by atoms with Gasteiger partial charge in [0.25, 0.3) is 0 Å². The molecule has 0 aromatic heterocycles. The molecule has 0 bridgehead atoms. The van der Waals surface area contributed by atoms with E-state index in [1.54, 1.807) is 0 Å². The van der Waals surface area contributed by atoms with Crippen molar-refractivity contribution in [2.45, 2.75) is 25.9 Å². The van der Waals surface area contributed by atoms with Crippen molar-refractivity contribution in [3.8, 4) is 0 Å². The number of hydrogen-bond donors (Lipinski definition) is 2. The predicted molar refractivity (Wildman–Crippen MR) is 105 cm³/mol. The van der Waals surface area contributed by atoms with E-state index in [2.05, 4.69) is 10.6 Å². The van der Waals surface area contributed by atoms with E-state index in [4.69, 9.17) is 0 Å². The van der Waals surface area contributed by atoms with Crippen molar-refractivity contribution in [3.05, 3.63) is 65.7 Å². The van der Waals surface area contributed by atoms with Crippen molar-refractivity contribution in [3.63, 3.8) is 0 Å². The van der Waals surface area contributed by atoms with Gasteiger partial charge in [-0.05, 0) is 29.7 Å². The maximum Gasteiger partial charge on any atom is 0.239 e. The average Bonchev–Trinajstić information content (AvgIpc) is 3.05. The van der Waals surface area contributed by atoms with Gasteiger partial charge in [-0.2, -0.15) is 0 Å². The van der Waals surface area contributed by atoms with Gasteiger partial charge < -0.3 is 15.5 Å². The molecule has 2 amide bonds. The largest absolute Gasteiger partial charge is 0.376 e. The molecule has 0 unspecified atom stereocenters.